The van der Waals surface area contributed by atoms with E-state index in [9.17, 15) is 9.59 Å². The van der Waals surface area contributed by atoms with Gasteiger partial charge in [0, 0.05) is 5.56 Å². The molecule has 1 aromatic rings. The average Bonchev–Trinajstić information content (AvgIpc) is 2.76. The van der Waals surface area contributed by atoms with Crippen LogP contribution in [0.25, 0.3) is 0 Å². The molecule has 0 aromatic heterocycles. The molecular weight excluding hydrogens is 280 g/mol. The number of benzene rings is 1. The third-order valence-corrected chi connectivity index (χ3v) is 5.02. The minimum atomic E-state index is -0.697. The lowest BCUT2D eigenvalue weighted by Gasteiger charge is -2.36. The van der Waals surface area contributed by atoms with Crippen LogP contribution in [0.1, 0.15) is 38.2 Å². The molecule has 2 aliphatic rings. The highest BCUT2D eigenvalue weighted by atomic mass is 16.5. The smallest absolute Gasteiger partial charge is 0.325 e. The normalized spacial score (nSPS) is 28.1. The van der Waals surface area contributed by atoms with Crippen LogP contribution in [-0.2, 0) is 11.3 Å². The van der Waals surface area contributed by atoms with Crippen LogP contribution in [0.4, 0.5) is 4.79 Å². The summed E-state index contributed by atoms with van der Waals surface area (Å²) in [6.45, 7) is 2.31. The van der Waals surface area contributed by atoms with Gasteiger partial charge in [0.05, 0.1) is 13.7 Å². The Morgan fingerprint density at radius 1 is 1.32 bits per heavy atom. The maximum Gasteiger partial charge on any atom is 0.325 e. The number of rotatable bonds is 3. The fourth-order valence-electron chi connectivity index (χ4n) is 3.64. The van der Waals surface area contributed by atoms with E-state index >= 15 is 0 Å². The molecule has 1 N–H and O–H groups in total. The monoisotopic (exact) mass is 302 g/mol. The predicted molar refractivity (Wildman–Crippen MR) is 82.4 cm³/mol. The van der Waals surface area contributed by atoms with Crippen molar-refractivity contribution in [3.8, 4) is 5.75 Å². The Bertz CT molecular complexity index is 601. The maximum absolute atomic E-state index is 12.9. The van der Waals surface area contributed by atoms with E-state index in [-0.39, 0.29) is 24.4 Å². The lowest BCUT2D eigenvalue weighted by molar-refractivity contribution is -0.134. The molecule has 5 heteroatoms. The van der Waals surface area contributed by atoms with Gasteiger partial charge in [0.25, 0.3) is 5.91 Å². The number of urea groups is 1. The molecule has 3 rings (SSSR count). The Hall–Kier alpha value is -2.04. The summed E-state index contributed by atoms with van der Waals surface area (Å²) in [6.07, 6.45) is 3.83. The van der Waals surface area contributed by atoms with Gasteiger partial charge in [-0.1, -0.05) is 38.0 Å². The van der Waals surface area contributed by atoms with Crippen molar-refractivity contribution in [3.63, 3.8) is 0 Å². The zero-order valence-electron chi connectivity index (χ0n) is 13.1. The Morgan fingerprint density at radius 3 is 2.82 bits per heavy atom. The topological polar surface area (TPSA) is 58.6 Å². The summed E-state index contributed by atoms with van der Waals surface area (Å²) >= 11 is 0. The zero-order valence-corrected chi connectivity index (χ0v) is 13.1. The summed E-state index contributed by atoms with van der Waals surface area (Å²) in [5.74, 6) is 0.789. The molecule has 1 aliphatic heterocycles. The molecule has 2 atom stereocenters. The highest BCUT2D eigenvalue weighted by Gasteiger charge is 2.54. The van der Waals surface area contributed by atoms with E-state index in [2.05, 4.69) is 12.2 Å². The summed E-state index contributed by atoms with van der Waals surface area (Å²) in [4.78, 5) is 26.6. The zero-order chi connectivity index (χ0) is 15.7. The number of carbonyl (C=O) groups is 2. The Kier molecular flexibility index (Phi) is 3.81. The molecule has 2 fully saturated rings. The number of nitrogens with one attached hydrogen (secondary N) is 1. The number of nitrogens with zero attached hydrogens (tertiary/aromatic N) is 1. The number of imide groups is 1. The molecule has 1 saturated heterocycles. The van der Waals surface area contributed by atoms with Gasteiger partial charge in [-0.15, -0.1) is 0 Å². The Labute approximate surface area is 130 Å². The van der Waals surface area contributed by atoms with Crippen molar-refractivity contribution in [1.82, 2.24) is 10.2 Å². The minimum Gasteiger partial charge on any atom is -0.496 e. The molecule has 3 amide bonds. The Morgan fingerprint density at radius 2 is 2.09 bits per heavy atom. The molecule has 1 heterocycles. The number of methoxy groups -OCH3 is 1. The van der Waals surface area contributed by atoms with Gasteiger partial charge in [-0.05, 0) is 24.8 Å². The highest BCUT2D eigenvalue weighted by Crippen LogP contribution is 2.38. The van der Waals surface area contributed by atoms with Crippen LogP contribution >= 0.6 is 0 Å². The summed E-state index contributed by atoms with van der Waals surface area (Å²) in [5, 5.41) is 2.97. The number of ether oxygens (including phenoxy) is 1. The number of para-hydroxylation sites is 1. The Balaban J connectivity index is 1.86. The van der Waals surface area contributed by atoms with E-state index in [1.165, 1.54) is 4.90 Å². The van der Waals surface area contributed by atoms with E-state index in [4.69, 9.17) is 4.74 Å². The third kappa shape index (κ3) is 2.25. The van der Waals surface area contributed by atoms with Crippen molar-refractivity contribution < 1.29 is 14.3 Å². The van der Waals surface area contributed by atoms with Crippen LogP contribution in [0.3, 0.4) is 0 Å². The molecule has 1 spiro atoms. The molecule has 118 valence electrons. The highest BCUT2D eigenvalue weighted by molar-refractivity contribution is 6.07. The van der Waals surface area contributed by atoms with Crippen LogP contribution < -0.4 is 10.1 Å². The van der Waals surface area contributed by atoms with Gasteiger partial charge in [-0.3, -0.25) is 9.69 Å². The molecule has 1 aromatic carbocycles. The third-order valence-electron chi connectivity index (χ3n) is 5.02. The first-order valence-corrected chi connectivity index (χ1v) is 7.84. The van der Waals surface area contributed by atoms with Crippen molar-refractivity contribution >= 4 is 11.9 Å². The predicted octanol–water partition coefficient (Wildman–Crippen LogP) is 2.70. The second-order valence-electron chi connectivity index (χ2n) is 6.25. The van der Waals surface area contributed by atoms with Gasteiger partial charge in [-0.2, -0.15) is 0 Å². The summed E-state index contributed by atoms with van der Waals surface area (Å²) < 4.78 is 5.31. The molecule has 22 heavy (non-hydrogen) atoms. The van der Waals surface area contributed by atoms with Crippen LogP contribution in [-0.4, -0.2) is 29.5 Å². The first-order valence-electron chi connectivity index (χ1n) is 7.84. The first kappa shape index (κ1) is 14.9. The van der Waals surface area contributed by atoms with Crippen molar-refractivity contribution in [2.75, 3.05) is 7.11 Å². The second-order valence-corrected chi connectivity index (χ2v) is 6.25. The maximum atomic E-state index is 12.9. The quantitative estimate of drug-likeness (QED) is 0.873. The largest absolute Gasteiger partial charge is 0.496 e. The number of hydrogen-bond donors (Lipinski definition) is 1. The fourth-order valence-corrected chi connectivity index (χ4v) is 3.64. The minimum absolute atomic E-state index is 0.0874. The molecule has 1 aliphatic carbocycles. The van der Waals surface area contributed by atoms with Gasteiger partial charge < -0.3 is 10.1 Å². The van der Waals surface area contributed by atoms with E-state index in [0.29, 0.717) is 5.75 Å². The SMILES string of the molecule is COc1ccccc1CN1C(=O)N[C@]2(CCCC[C@H]2C)C1=O. The van der Waals surface area contributed by atoms with E-state index in [1.54, 1.807) is 7.11 Å². The summed E-state index contributed by atoms with van der Waals surface area (Å²) in [5.41, 5.74) is 0.145. The number of carbonyl (C=O) groups excluding carboxylic acids is 2. The lowest BCUT2D eigenvalue weighted by Crippen LogP contribution is -2.53. The molecule has 5 nitrogen and oxygen atoms in total. The molecule has 0 unspecified atom stereocenters. The number of hydrogen-bond acceptors (Lipinski definition) is 3. The van der Waals surface area contributed by atoms with Gasteiger partial charge >= 0.3 is 6.03 Å². The molecule has 1 saturated carbocycles. The van der Waals surface area contributed by atoms with Gasteiger partial charge in [0.1, 0.15) is 11.3 Å². The van der Waals surface area contributed by atoms with Crippen molar-refractivity contribution in [2.45, 2.75) is 44.7 Å². The lowest BCUT2D eigenvalue weighted by atomic mass is 9.73. The van der Waals surface area contributed by atoms with Gasteiger partial charge in [0.15, 0.2) is 0 Å². The second kappa shape index (κ2) is 5.63. The van der Waals surface area contributed by atoms with Crippen molar-refractivity contribution in [3.05, 3.63) is 29.8 Å². The first-order chi connectivity index (χ1) is 10.6. The summed E-state index contributed by atoms with van der Waals surface area (Å²) in [7, 11) is 1.59. The van der Waals surface area contributed by atoms with Crippen LogP contribution in [0.5, 0.6) is 5.75 Å². The molecule has 0 bridgehead atoms. The van der Waals surface area contributed by atoms with Gasteiger partial charge in [-0.25, -0.2) is 4.79 Å². The van der Waals surface area contributed by atoms with Crippen LogP contribution in [0.15, 0.2) is 24.3 Å². The fraction of sp³-hybridized carbons (Fsp3) is 0.529. The van der Waals surface area contributed by atoms with E-state index in [1.807, 2.05) is 24.3 Å². The number of amides is 3. The van der Waals surface area contributed by atoms with Crippen LogP contribution in [0.2, 0.25) is 0 Å². The molecule has 0 radical (unpaired) electrons. The average molecular weight is 302 g/mol. The standard InChI is InChI=1S/C17H22N2O3/c1-12-7-5-6-10-17(12)15(20)19(16(21)18-17)11-13-8-3-4-9-14(13)22-2/h3-4,8-9,12H,5-7,10-11H2,1-2H3,(H,18,21)/t12-,17+/m1/s1. The van der Waals surface area contributed by atoms with Gasteiger partial charge in [0.2, 0.25) is 0 Å². The van der Waals surface area contributed by atoms with Crippen LogP contribution in [0, 0.1) is 5.92 Å². The van der Waals surface area contributed by atoms with E-state index in [0.717, 1.165) is 31.2 Å². The van der Waals surface area contributed by atoms with Crippen molar-refractivity contribution in [2.24, 2.45) is 5.92 Å². The van der Waals surface area contributed by atoms with Crippen molar-refractivity contribution in [1.29, 1.82) is 0 Å². The summed E-state index contributed by atoms with van der Waals surface area (Å²) in [6, 6.07) is 7.19. The van der Waals surface area contributed by atoms with E-state index < -0.39 is 5.54 Å². The molecular formula is C17H22N2O3.